The molecule has 372 valence electrons. The summed E-state index contributed by atoms with van der Waals surface area (Å²) in [6, 6.07) is 19.0. The summed E-state index contributed by atoms with van der Waals surface area (Å²) in [4.78, 5) is 67.1. The van der Waals surface area contributed by atoms with E-state index in [-0.39, 0.29) is 28.4 Å². The molecule has 4 aromatic carbocycles. The maximum absolute atomic E-state index is 12.5. The molecule has 0 fully saturated rings. The third-order valence-electron chi connectivity index (χ3n) is 10.9. The standard InChI is InChI=1S/C34H50O4S.C14H16N4O9P2/c1-22-18-27(24(32(37)38)16-14-12-10-9-11-13-15-17-31(35)36)28(33(3,4)5)20-25(22)26-21-29(34(6,7)8)30(39)19-23(26)2;15-17-13(19)9-5-1-3-7-11(9)25-28(21,22)27-29(23,24)26-12-8-4-2-6-10(12)14(20)18-16/h18-21,24,39H,9-17H2,1-8H3,(H,35,36)(H,37,38);1-8H,15-16H2,(H,17,19)(H,18,20)(H,21,22)(H,23,24). The Morgan fingerprint density at radius 1 is 0.647 bits per heavy atom. The molecular weight excluding hydrogens is 935 g/mol. The van der Waals surface area contributed by atoms with Gasteiger partial charge in [-0.2, -0.15) is 4.31 Å². The number of aliphatic carboxylic acids is 2. The second-order valence-corrected chi connectivity index (χ2v) is 21.8. The summed E-state index contributed by atoms with van der Waals surface area (Å²) in [6.45, 7) is 17.3. The largest absolute Gasteiger partial charge is 0.537 e. The number of hydrazine groups is 2. The molecule has 10 N–H and O–H groups in total. The minimum atomic E-state index is -5.28. The van der Waals surface area contributed by atoms with Gasteiger partial charge in [-0.15, -0.1) is 12.6 Å². The first-order valence-corrected chi connectivity index (χ1v) is 25.5. The SMILES string of the molecule is Cc1cc(S)c(C(C)(C)C)cc1-c1cc(C(C)(C)C)c(C(CCCCCCCCCC(=O)O)C(=O)O)cc1C.NNC(=O)c1ccccc1OP(=O)(O)OP(=O)(O)Oc1ccccc1C(=O)NN. The summed E-state index contributed by atoms with van der Waals surface area (Å²) in [5.41, 5.74) is 10.7. The molecule has 0 radical (unpaired) electrons. The van der Waals surface area contributed by atoms with Crippen LogP contribution in [0.5, 0.6) is 11.5 Å². The first-order valence-electron chi connectivity index (χ1n) is 22.0. The lowest BCUT2D eigenvalue weighted by molar-refractivity contribution is -0.139. The summed E-state index contributed by atoms with van der Waals surface area (Å²) in [5.74, 6) is 5.38. The molecule has 68 heavy (non-hydrogen) atoms. The minimum Gasteiger partial charge on any atom is -0.481 e. The third-order valence-corrected chi connectivity index (χ3v) is 13.7. The molecule has 0 bridgehead atoms. The van der Waals surface area contributed by atoms with Crippen LogP contribution in [0.3, 0.4) is 0 Å². The van der Waals surface area contributed by atoms with Crippen molar-refractivity contribution in [1.29, 1.82) is 0 Å². The lowest BCUT2D eigenvalue weighted by atomic mass is 9.75. The number of hydrogen-bond acceptors (Lipinski definition) is 12. The fourth-order valence-electron chi connectivity index (χ4n) is 7.50. The highest BCUT2D eigenvalue weighted by Gasteiger charge is 2.39. The summed E-state index contributed by atoms with van der Waals surface area (Å²) in [5, 5.41) is 19.0. The number of nitrogen functional groups attached to an aromatic ring is 2. The number of carboxylic acid groups (broad SMARTS) is 2. The summed E-state index contributed by atoms with van der Waals surface area (Å²) in [6.07, 6.45) is 7.57. The number of aryl methyl sites for hydroxylation is 2. The van der Waals surface area contributed by atoms with Crippen molar-refractivity contribution in [2.45, 2.75) is 135 Å². The number of unbranched alkanes of at least 4 members (excludes halogenated alkanes) is 6. The van der Waals surface area contributed by atoms with Gasteiger partial charge in [-0.1, -0.05) is 116 Å². The summed E-state index contributed by atoms with van der Waals surface area (Å²) < 4.78 is 37.9. The van der Waals surface area contributed by atoms with Crippen molar-refractivity contribution in [2.24, 2.45) is 11.7 Å². The molecule has 0 heterocycles. The normalized spacial score (nSPS) is 13.7. The molecule has 2 amide bonds. The zero-order valence-corrected chi connectivity index (χ0v) is 42.5. The number of para-hydroxylation sites is 2. The van der Waals surface area contributed by atoms with Crippen molar-refractivity contribution in [3.05, 3.63) is 112 Å². The van der Waals surface area contributed by atoms with Gasteiger partial charge in [0.15, 0.2) is 0 Å². The molecule has 20 heteroatoms. The Kier molecular flexibility index (Phi) is 21.1. The molecule has 0 aliphatic rings. The Bertz CT molecular complexity index is 2440. The van der Waals surface area contributed by atoms with Gasteiger partial charge in [0.05, 0.1) is 17.0 Å². The second kappa shape index (κ2) is 25.0. The number of nitrogens with one attached hydrogen (secondary N) is 2. The molecule has 4 rings (SSSR count). The van der Waals surface area contributed by atoms with Crippen molar-refractivity contribution in [3.63, 3.8) is 0 Å². The number of nitrogens with two attached hydrogens (primary N) is 2. The Balaban J connectivity index is 0.000000376. The fourth-order valence-corrected chi connectivity index (χ4v) is 10.2. The highest BCUT2D eigenvalue weighted by Crippen LogP contribution is 2.60. The molecule has 0 aliphatic carbocycles. The first kappa shape index (κ1) is 57.3. The number of thiol groups is 1. The third kappa shape index (κ3) is 17.2. The highest BCUT2D eigenvalue weighted by atomic mass is 32.1. The van der Waals surface area contributed by atoms with Crippen LogP contribution in [-0.2, 0) is 33.9 Å². The van der Waals surface area contributed by atoms with E-state index >= 15 is 0 Å². The average molecular weight is 1000 g/mol. The number of phosphoric ester groups is 2. The van der Waals surface area contributed by atoms with Crippen molar-refractivity contribution in [2.75, 3.05) is 0 Å². The van der Waals surface area contributed by atoms with E-state index in [4.69, 9.17) is 29.4 Å². The van der Waals surface area contributed by atoms with Crippen LogP contribution in [0.1, 0.15) is 154 Å². The van der Waals surface area contributed by atoms with E-state index in [9.17, 15) is 43.2 Å². The predicted molar refractivity (Wildman–Crippen MR) is 264 cm³/mol. The molecule has 4 aromatic rings. The maximum atomic E-state index is 12.5. The minimum absolute atomic E-state index is 0.0346. The van der Waals surface area contributed by atoms with E-state index in [2.05, 4.69) is 93.0 Å². The van der Waals surface area contributed by atoms with E-state index in [1.165, 1.54) is 53.1 Å². The van der Waals surface area contributed by atoms with Gasteiger partial charge in [-0.05, 0) is 113 Å². The smallest absolute Gasteiger partial charge is 0.481 e. The van der Waals surface area contributed by atoms with Crippen LogP contribution >= 0.6 is 28.3 Å². The van der Waals surface area contributed by atoms with E-state index < -0.39 is 56.8 Å². The van der Waals surface area contributed by atoms with Crippen LogP contribution in [0.4, 0.5) is 0 Å². The number of phosphoric acid groups is 2. The number of carbonyl (C=O) groups excluding carboxylic acids is 2. The number of benzene rings is 4. The lowest BCUT2D eigenvalue weighted by Crippen LogP contribution is -2.30. The molecule has 0 spiro atoms. The van der Waals surface area contributed by atoms with E-state index in [0.29, 0.717) is 6.42 Å². The highest BCUT2D eigenvalue weighted by molar-refractivity contribution is 7.80. The number of carbonyl (C=O) groups is 4. The topological polar surface area (TPSA) is 287 Å². The van der Waals surface area contributed by atoms with Crippen molar-refractivity contribution < 1.29 is 61.7 Å². The molecule has 17 nitrogen and oxygen atoms in total. The van der Waals surface area contributed by atoms with Crippen LogP contribution < -0.4 is 31.6 Å². The van der Waals surface area contributed by atoms with Gasteiger partial charge in [0, 0.05) is 11.3 Å². The quantitative estimate of drug-likeness (QED) is 0.00937. The van der Waals surface area contributed by atoms with Gasteiger partial charge in [-0.3, -0.25) is 39.8 Å². The number of hydrogen-bond donors (Lipinski definition) is 9. The van der Waals surface area contributed by atoms with Crippen molar-refractivity contribution >= 4 is 52.0 Å². The molecule has 0 aliphatic heterocycles. The fraction of sp³-hybridized carbons (Fsp3) is 0.417. The predicted octanol–water partition coefficient (Wildman–Crippen LogP) is 10.2. The zero-order valence-electron chi connectivity index (χ0n) is 39.8. The van der Waals surface area contributed by atoms with Crippen LogP contribution in [0.2, 0.25) is 0 Å². The Morgan fingerprint density at radius 3 is 1.49 bits per heavy atom. The average Bonchev–Trinajstić information content (AvgIpc) is 3.22. The van der Waals surface area contributed by atoms with Crippen molar-refractivity contribution in [1.82, 2.24) is 10.9 Å². The molecule has 0 aromatic heterocycles. The summed E-state index contributed by atoms with van der Waals surface area (Å²) >= 11 is 4.77. The molecule has 0 saturated heterocycles. The van der Waals surface area contributed by atoms with Crippen molar-refractivity contribution in [3.8, 4) is 22.6 Å². The molecule has 3 atom stereocenters. The Hall–Kier alpha value is -5.03. The van der Waals surface area contributed by atoms with Gasteiger partial charge in [0.2, 0.25) is 0 Å². The van der Waals surface area contributed by atoms with Gasteiger partial charge < -0.3 is 19.3 Å². The van der Waals surface area contributed by atoms with Crippen LogP contribution in [0, 0.1) is 13.8 Å². The molecular formula is C48H66N4O13P2S. The van der Waals surface area contributed by atoms with Gasteiger partial charge >= 0.3 is 27.6 Å². The second-order valence-electron chi connectivity index (χ2n) is 18.4. The van der Waals surface area contributed by atoms with Crippen LogP contribution in [0.15, 0.2) is 77.7 Å². The van der Waals surface area contributed by atoms with Crippen LogP contribution in [0.25, 0.3) is 11.1 Å². The van der Waals surface area contributed by atoms with Crippen LogP contribution in [-0.4, -0.2) is 43.8 Å². The summed E-state index contributed by atoms with van der Waals surface area (Å²) in [7, 11) is -10.6. The monoisotopic (exact) mass is 1000 g/mol. The lowest BCUT2D eigenvalue weighted by Gasteiger charge is -2.29. The van der Waals surface area contributed by atoms with E-state index in [0.717, 1.165) is 84.2 Å². The zero-order chi connectivity index (χ0) is 51.2. The number of amides is 2. The number of rotatable bonds is 21. The first-order chi connectivity index (χ1) is 31.6. The van der Waals surface area contributed by atoms with E-state index in [1.54, 1.807) is 10.9 Å². The molecule has 0 saturated carbocycles. The Morgan fingerprint density at radius 2 is 1.06 bits per heavy atom. The van der Waals surface area contributed by atoms with Gasteiger partial charge in [-0.25, -0.2) is 20.8 Å². The maximum Gasteiger partial charge on any atom is 0.537 e. The number of carboxylic acids is 2. The Labute approximate surface area is 404 Å². The molecule has 3 unspecified atom stereocenters. The van der Waals surface area contributed by atoms with Gasteiger partial charge in [0.25, 0.3) is 11.8 Å². The van der Waals surface area contributed by atoms with Gasteiger partial charge in [0.1, 0.15) is 11.5 Å². The van der Waals surface area contributed by atoms with E-state index in [1.807, 2.05) is 0 Å².